The molecule has 11 heteroatoms. The van der Waals surface area contributed by atoms with Gasteiger partial charge in [-0.15, -0.1) is 0 Å². The number of para-hydroxylation sites is 1. The van der Waals surface area contributed by atoms with Crippen molar-refractivity contribution in [2.75, 3.05) is 17.9 Å². The molecular formula is C18H15BrN6O4. The van der Waals surface area contributed by atoms with Gasteiger partial charge in [-0.2, -0.15) is 0 Å². The zero-order valence-corrected chi connectivity index (χ0v) is 16.6. The molecule has 1 heterocycles. The van der Waals surface area contributed by atoms with Gasteiger partial charge in [-0.3, -0.25) is 25.8 Å². The second-order valence-electron chi connectivity index (χ2n) is 5.59. The summed E-state index contributed by atoms with van der Waals surface area (Å²) in [5, 5.41) is 14.5. The summed E-state index contributed by atoms with van der Waals surface area (Å²) in [5.41, 5.74) is 5.30. The van der Waals surface area contributed by atoms with Crippen LogP contribution in [0.5, 0.6) is 5.75 Å². The van der Waals surface area contributed by atoms with Crippen LogP contribution in [0, 0.1) is 10.1 Å². The summed E-state index contributed by atoms with van der Waals surface area (Å²) in [6.07, 6.45) is 1.14. The summed E-state index contributed by atoms with van der Waals surface area (Å²) in [6, 6.07) is 13.6. The van der Waals surface area contributed by atoms with Crippen LogP contribution in [0.1, 0.15) is 10.4 Å². The number of hydrogen-bond acceptors (Lipinski definition) is 8. The number of amides is 1. The fourth-order valence-electron chi connectivity index (χ4n) is 2.42. The first kappa shape index (κ1) is 20.0. The Morgan fingerprint density at radius 1 is 1.10 bits per heavy atom. The van der Waals surface area contributed by atoms with Gasteiger partial charge < -0.3 is 10.1 Å². The van der Waals surface area contributed by atoms with Crippen molar-refractivity contribution in [3.8, 4) is 5.75 Å². The fraction of sp³-hybridized carbons (Fsp3) is 0.0556. The molecule has 1 amide bonds. The highest BCUT2D eigenvalue weighted by atomic mass is 79.9. The minimum absolute atomic E-state index is 0.0265. The maximum absolute atomic E-state index is 12.4. The molecule has 0 bridgehead atoms. The Balaban J connectivity index is 1.83. The lowest BCUT2D eigenvalue weighted by Crippen LogP contribution is -2.30. The van der Waals surface area contributed by atoms with Gasteiger partial charge in [0.05, 0.1) is 17.6 Å². The molecule has 29 heavy (non-hydrogen) atoms. The highest BCUT2D eigenvalue weighted by molar-refractivity contribution is 9.10. The lowest BCUT2D eigenvalue weighted by atomic mass is 10.2. The molecule has 3 aromatic rings. The average molecular weight is 459 g/mol. The van der Waals surface area contributed by atoms with Crippen LogP contribution in [0.3, 0.4) is 0 Å². The van der Waals surface area contributed by atoms with E-state index < -0.39 is 16.5 Å². The number of carbonyl (C=O) groups is 1. The van der Waals surface area contributed by atoms with Crippen molar-refractivity contribution in [2.45, 2.75) is 0 Å². The first-order chi connectivity index (χ1) is 14.0. The second-order valence-corrected chi connectivity index (χ2v) is 6.50. The SMILES string of the molecule is COc1ccccc1C(=O)NNc1ncnc(Nc2ccc(Br)cc2)c1[N+](=O)[O-]. The number of benzene rings is 2. The Hall–Kier alpha value is -3.73. The molecule has 1 aromatic heterocycles. The Bertz CT molecular complexity index is 1040. The molecule has 10 nitrogen and oxygen atoms in total. The lowest BCUT2D eigenvalue weighted by Gasteiger charge is -2.12. The van der Waals surface area contributed by atoms with Crippen LogP contribution in [0.2, 0.25) is 0 Å². The molecule has 0 aliphatic rings. The van der Waals surface area contributed by atoms with Crippen LogP contribution >= 0.6 is 15.9 Å². The molecule has 0 fully saturated rings. The highest BCUT2D eigenvalue weighted by Gasteiger charge is 2.24. The Morgan fingerprint density at radius 2 is 1.79 bits per heavy atom. The standard InChI is InChI=1S/C18H15BrN6O4/c1-29-14-5-3-2-4-13(14)18(26)24-23-17-15(25(27)28)16(20-10-21-17)22-12-8-6-11(19)7-9-12/h2-10H,1H3,(H,24,26)(H2,20,21,22,23). The van der Waals surface area contributed by atoms with E-state index in [1.807, 2.05) is 0 Å². The van der Waals surface area contributed by atoms with Crippen molar-refractivity contribution in [1.82, 2.24) is 15.4 Å². The average Bonchev–Trinajstić information content (AvgIpc) is 2.73. The molecule has 0 saturated heterocycles. The zero-order chi connectivity index (χ0) is 20.8. The number of hydrazine groups is 1. The van der Waals surface area contributed by atoms with Gasteiger partial charge in [0.25, 0.3) is 5.91 Å². The number of methoxy groups -OCH3 is 1. The predicted octanol–water partition coefficient (Wildman–Crippen LogP) is 3.66. The molecule has 0 atom stereocenters. The number of nitro groups is 1. The van der Waals surface area contributed by atoms with E-state index in [2.05, 4.69) is 42.1 Å². The molecule has 0 radical (unpaired) electrons. The van der Waals surface area contributed by atoms with Crippen LogP contribution in [0.25, 0.3) is 0 Å². The van der Waals surface area contributed by atoms with Crippen molar-refractivity contribution >= 4 is 44.8 Å². The van der Waals surface area contributed by atoms with Gasteiger partial charge >= 0.3 is 5.69 Å². The van der Waals surface area contributed by atoms with Crippen LogP contribution in [-0.2, 0) is 0 Å². The first-order valence-corrected chi connectivity index (χ1v) is 9.00. The van der Waals surface area contributed by atoms with Crippen LogP contribution in [0.4, 0.5) is 23.0 Å². The minimum Gasteiger partial charge on any atom is -0.496 e. The largest absolute Gasteiger partial charge is 0.496 e. The Morgan fingerprint density at radius 3 is 2.48 bits per heavy atom. The number of ether oxygens (including phenoxy) is 1. The summed E-state index contributed by atoms with van der Waals surface area (Å²) in [7, 11) is 1.44. The molecule has 2 aromatic carbocycles. The Labute approximate surface area is 173 Å². The lowest BCUT2D eigenvalue weighted by molar-refractivity contribution is -0.383. The number of nitrogens with zero attached hydrogens (tertiary/aromatic N) is 3. The molecule has 3 N–H and O–H groups in total. The fourth-order valence-corrected chi connectivity index (χ4v) is 2.68. The first-order valence-electron chi connectivity index (χ1n) is 8.21. The number of hydrogen-bond donors (Lipinski definition) is 3. The van der Waals surface area contributed by atoms with Crippen LogP contribution < -0.4 is 20.9 Å². The van der Waals surface area contributed by atoms with Crippen molar-refractivity contribution in [2.24, 2.45) is 0 Å². The van der Waals surface area contributed by atoms with E-state index in [0.717, 1.165) is 10.8 Å². The van der Waals surface area contributed by atoms with E-state index in [-0.39, 0.29) is 17.2 Å². The number of aromatic nitrogens is 2. The minimum atomic E-state index is -0.640. The highest BCUT2D eigenvalue weighted by Crippen LogP contribution is 2.31. The van der Waals surface area contributed by atoms with Gasteiger partial charge in [0.15, 0.2) is 0 Å². The number of halogens is 1. The van der Waals surface area contributed by atoms with E-state index in [9.17, 15) is 14.9 Å². The zero-order valence-electron chi connectivity index (χ0n) is 15.0. The number of anilines is 3. The third-order valence-electron chi connectivity index (χ3n) is 3.76. The molecule has 0 spiro atoms. The maximum atomic E-state index is 12.4. The third-order valence-corrected chi connectivity index (χ3v) is 4.29. The third kappa shape index (κ3) is 4.76. The number of nitrogens with one attached hydrogen (secondary N) is 3. The maximum Gasteiger partial charge on any atom is 0.355 e. The van der Waals surface area contributed by atoms with Crippen LogP contribution in [-0.4, -0.2) is 27.9 Å². The molecule has 0 aliphatic carbocycles. The van der Waals surface area contributed by atoms with Gasteiger partial charge in [0.2, 0.25) is 11.6 Å². The molecule has 148 valence electrons. The second kappa shape index (κ2) is 8.97. The van der Waals surface area contributed by atoms with E-state index in [1.165, 1.54) is 7.11 Å². The Kier molecular flexibility index (Phi) is 6.19. The van der Waals surface area contributed by atoms with Gasteiger partial charge in [0.1, 0.15) is 12.1 Å². The summed E-state index contributed by atoms with van der Waals surface area (Å²) < 4.78 is 6.00. The monoisotopic (exact) mass is 458 g/mol. The summed E-state index contributed by atoms with van der Waals surface area (Å²) in [6.45, 7) is 0. The smallest absolute Gasteiger partial charge is 0.355 e. The van der Waals surface area contributed by atoms with Gasteiger partial charge in [0, 0.05) is 10.2 Å². The van der Waals surface area contributed by atoms with Crippen molar-refractivity contribution < 1.29 is 14.5 Å². The molecular weight excluding hydrogens is 444 g/mol. The molecule has 0 saturated carbocycles. The van der Waals surface area contributed by atoms with E-state index >= 15 is 0 Å². The molecule has 3 rings (SSSR count). The summed E-state index contributed by atoms with van der Waals surface area (Å²) in [4.78, 5) is 31.2. The quantitative estimate of drug-likeness (QED) is 0.361. The number of rotatable bonds is 7. The van der Waals surface area contributed by atoms with Crippen molar-refractivity contribution in [3.63, 3.8) is 0 Å². The van der Waals surface area contributed by atoms with Gasteiger partial charge in [-0.05, 0) is 36.4 Å². The molecule has 0 aliphatic heterocycles. The number of carbonyl (C=O) groups excluding carboxylic acids is 1. The van der Waals surface area contributed by atoms with E-state index in [4.69, 9.17) is 4.74 Å². The van der Waals surface area contributed by atoms with Crippen molar-refractivity contribution in [3.05, 3.63) is 75.0 Å². The normalized spacial score (nSPS) is 10.1. The van der Waals surface area contributed by atoms with E-state index in [1.54, 1.807) is 48.5 Å². The topological polar surface area (TPSA) is 131 Å². The van der Waals surface area contributed by atoms with Gasteiger partial charge in [-0.25, -0.2) is 9.97 Å². The van der Waals surface area contributed by atoms with Crippen LogP contribution in [0.15, 0.2) is 59.3 Å². The van der Waals surface area contributed by atoms with Crippen molar-refractivity contribution in [1.29, 1.82) is 0 Å². The summed E-state index contributed by atoms with van der Waals surface area (Å²) >= 11 is 3.32. The molecule has 0 unspecified atom stereocenters. The van der Waals surface area contributed by atoms with E-state index in [0.29, 0.717) is 11.4 Å². The predicted molar refractivity (Wildman–Crippen MR) is 110 cm³/mol. The van der Waals surface area contributed by atoms with Gasteiger partial charge in [-0.1, -0.05) is 28.1 Å². The summed E-state index contributed by atoms with van der Waals surface area (Å²) in [5.74, 6) is -0.381.